The van der Waals surface area contributed by atoms with Crippen LogP contribution in [0.3, 0.4) is 0 Å². The number of hydrogen-bond donors (Lipinski definition) is 0. The molecule has 0 spiro atoms. The van der Waals surface area contributed by atoms with Gasteiger partial charge < -0.3 is 0 Å². The zero-order chi connectivity index (χ0) is 10.8. The molecule has 0 amide bonds. The molecule has 0 aliphatic rings. The van der Waals surface area contributed by atoms with E-state index in [0.29, 0.717) is 5.69 Å². The minimum Gasteiger partial charge on any atom is -0.271 e. The summed E-state index contributed by atoms with van der Waals surface area (Å²) in [4.78, 5) is 0.107. The molecule has 6 heteroatoms. The van der Waals surface area contributed by atoms with Gasteiger partial charge in [0.1, 0.15) is 4.90 Å². The van der Waals surface area contributed by atoms with Crippen molar-refractivity contribution >= 4 is 19.7 Å². The molecule has 0 atom stereocenters. The van der Waals surface area contributed by atoms with E-state index in [1.807, 2.05) is 0 Å². The Labute approximate surface area is 88.3 Å². The summed E-state index contributed by atoms with van der Waals surface area (Å²) in [5.74, 6) is 0. The third-order valence-corrected chi connectivity index (χ3v) is 3.33. The summed E-state index contributed by atoms with van der Waals surface area (Å²) in [6.45, 7) is 4.43. The van der Waals surface area contributed by atoms with Gasteiger partial charge in [-0.1, -0.05) is 13.3 Å². The van der Waals surface area contributed by atoms with Crippen molar-refractivity contribution in [2.24, 2.45) is 0 Å². The molecule has 0 aromatic carbocycles. The third-order valence-electron chi connectivity index (χ3n) is 1.90. The molecule has 4 nitrogen and oxygen atoms in total. The van der Waals surface area contributed by atoms with E-state index < -0.39 is 9.05 Å². The molecule has 0 radical (unpaired) electrons. The van der Waals surface area contributed by atoms with Gasteiger partial charge >= 0.3 is 0 Å². The standard InChI is InChI=1S/C8H13ClN2O2S/c1-3-4-5-11-6-8(7(2)10-11)14(9,12)13/h6H,3-5H2,1-2H3. The van der Waals surface area contributed by atoms with Gasteiger partial charge in [-0.25, -0.2) is 8.42 Å². The van der Waals surface area contributed by atoms with Crippen molar-refractivity contribution in [3.63, 3.8) is 0 Å². The van der Waals surface area contributed by atoms with Crippen LogP contribution in [0, 0.1) is 6.92 Å². The predicted molar refractivity (Wildman–Crippen MR) is 54.9 cm³/mol. The topological polar surface area (TPSA) is 52.0 Å². The summed E-state index contributed by atoms with van der Waals surface area (Å²) >= 11 is 0. The van der Waals surface area contributed by atoms with E-state index >= 15 is 0 Å². The maximum Gasteiger partial charge on any atom is 0.264 e. The molecule has 0 saturated carbocycles. The van der Waals surface area contributed by atoms with Gasteiger partial charge in [0.15, 0.2) is 0 Å². The lowest BCUT2D eigenvalue weighted by molar-refractivity contribution is 0.567. The average Bonchev–Trinajstić information content (AvgIpc) is 2.42. The molecule has 80 valence electrons. The number of hydrogen-bond acceptors (Lipinski definition) is 3. The second kappa shape index (κ2) is 4.31. The highest BCUT2D eigenvalue weighted by atomic mass is 35.7. The van der Waals surface area contributed by atoms with Crippen molar-refractivity contribution in [2.75, 3.05) is 0 Å². The zero-order valence-electron chi connectivity index (χ0n) is 8.20. The van der Waals surface area contributed by atoms with Crippen molar-refractivity contribution < 1.29 is 8.42 Å². The van der Waals surface area contributed by atoms with Gasteiger partial charge in [-0.15, -0.1) is 0 Å². The summed E-state index contributed by atoms with van der Waals surface area (Å²) < 4.78 is 23.7. The van der Waals surface area contributed by atoms with Gasteiger partial charge in [-0.2, -0.15) is 5.10 Å². The molecular weight excluding hydrogens is 224 g/mol. The monoisotopic (exact) mass is 236 g/mol. The van der Waals surface area contributed by atoms with Crippen LogP contribution >= 0.6 is 10.7 Å². The van der Waals surface area contributed by atoms with E-state index in [9.17, 15) is 8.42 Å². The van der Waals surface area contributed by atoms with Gasteiger partial charge in [0.25, 0.3) is 9.05 Å². The fourth-order valence-electron chi connectivity index (χ4n) is 1.17. The Morgan fingerprint density at radius 3 is 2.64 bits per heavy atom. The van der Waals surface area contributed by atoms with Crippen LogP contribution in [0.5, 0.6) is 0 Å². The number of nitrogens with zero attached hydrogens (tertiary/aromatic N) is 2. The van der Waals surface area contributed by atoms with Gasteiger partial charge in [-0.3, -0.25) is 4.68 Å². The van der Waals surface area contributed by atoms with Crippen molar-refractivity contribution in [3.05, 3.63) is 11.9 Å². The van der Waals surface area contributed by atoms with Gasteiger partial charge in [0.05, 0.1) is 5.69 Å². The minimum atomic E-state index is -3.65. The van der Waals surface area contributed by atoms with Gasteiger partial charge in [0.2, 0.25) is 0 Å². The Hall–Kier alpha value is -0.550. The van der Waals surface area contributed by atoms with Crippen molar-refractivity contribution in [1.82, 2.24) is 9.78 Å². The molecule has 0 unspecified atom stereocenters. The minimum absolute atomic E-state index is 0.107. The Bertz CT molecular complexity index is 411. The first-order chi connectivity index (χ1) is 6.45. The lowest BCUT2D eigenvalue weighted by atomic mass is 10.3. The number of rotatable bonds is 4. The number of unbranched alkanes of at least 4 members (excludes halogenated alkanes) is 1. The molecule has 1 aromatic rings. The Kier molecular flexibility index (Phi) is 3.55. The summed E-state index contributed by atoms with van der Waals surface area (Å²) in [6.07, 6.45) is 3.50. The van der Waals surface area contributed by atoms with Gasteiger partial charge in [-0.05, 0) is 13.3 Å². The number of halogens is 1. The molecule has 0 N–H and O–H groups in total. The lowest BCUT2D eigenvalue weighted by Gasteiger charge is -1.96. The molecule has 0 saturated heterocycles. The van der Waals surface area contributed by atoms with E-state index in [1.54, 1.807) is 11.6 Å². The van der Waals surface area contributed by atoms with Crippen LogP contribution in [-0.2, 0) is 15.6 Å². The van der Waals surface area contributed by atoms with Crippen molar-refractivity contribution in [1.29, 1.82) is 0 Å². The molecule has 0 aliphatic heterocycles. The molecule has 0 aliphatic carbocycles. The average molecular weight is 237 g/mol. The fourth-order valence-corrected chi connectivity index (χ4v) is 2.27. The van der Waals surface area contributed by atoms with Crippen LogP contribution in [0.4, 0.5) is 0 Å². The van der Waals surface area contributed by atoms with Crippen LogP contribution < -0.4 is 0 Å². The van der Waals surface area contributed by atoms with E-state index in [-0.39, 0.29) is 4.90 Å². The quantitative estimate of drug-likeness (QED) is 0.751. The maximum atomic E-state index is 11.1. The van der Waals surface area contributed by atoms with Crippen molar-refractivity contribution in [3.8, 4) is 0 Å². The van der Waals surface area contributed by atoms with Crippen LogP contribution in [0.25, 0.3) is 0 Å². The summed E-state index contributed by atoms with van der Waals surface area (Å²) in [7, 11) is 1.58. The first kappa shape index (κ1) is 11.5. The van der Waals surface area contributed by atoms with Crippen LogP contribution in [0.1, 0.15) is 25.5 Å². The zero-order valence-corrected chi connectivity index (χ0v) is 9.77. The first-order valence-electron chi connectivity index (χ1n) is 4.44. The van der Waals surface area contributed by atoms with E-state index in [4.69, 9.17) is 10.7 Å². The van der Waals surface area contributed by atoms with Crippen molar-refractivity contribution in [2.45, 2.75) is 38.1 Å². The number of aryl methyl sites for hydroxylation is 2. The highest BCUT2D eigenvalue weighted by Gasteiger charge is 2.16. The van der Waals surface area contributed by atoms with Crippen LogP contribution in [0.2, 0.25) is 0 Å². The molecule has 0 fully saturated rings. The Morgan fingerprint density at radius 1 is 1.57 bits per heavy atom. The summed E-state index contributed by atoms with van der Waals surface area (Å²) in [6, 6.07) is 0. The van der Waals surface area contributed by atoms with E-state index in [0.717, 1.165) is 19.4 Å². The lowest BCUT2D eigenvalue weighted by Crippen LogP contribution is -1.97. The largest absolute Gasteiger partial charge is 0.271 e. The second-order valence-electron chi connectivity index (χ2n) is 3.13. The molecule has 0 bridgehead atoms. The van der Waals surface area contributed by atoms with E-state index in [1.165, 1.54) is 6.20 Å². The van der Waals surface area contributed by atoms with E-state index in [2.05, 4.69) is 12.0 Å². The molecule has 1 rings (SSSR count). The Balaban J connectivity index is 2.94. The number of aromatic nitrogens is 2. The highest BCUT2D eigenvalue weighted by molar-refractivity contribution is 8.13. The summed E-state index contributed by atoms with van der Waals surface area (Å²) in [5.41, 5.74) is 0.455. The Morgan fingerprint density at radius 2 is 2.21 bits per heavy atom. The molecular formula is C8H13ClN2O2S. The normalized spacial score (nSPS) is 11.9. The third kappa shape index (κ3) is 2.72. The first-order valence-corrected chi connectivity index (χ1v) is 6.74. The maximum absolute atomic E-state index is 11.1. The molecule has 14 heavy (non-hydrogen) atoms. The second-order valence-corrected chi connectivity index (χ2v) is 5.67. The molecule has 1 aromatic heterocycles. The predicted octanol–water partition coefficient (Wildman–Crippen LogP) is 1.92. The van der Waals surface area contributed by atoms with Crippen LogP contribution in [0.15, 0.2) is 11.1 Å². The highest BCUT2D eigenvalue weighted by Crippen LogP contribution is 2.18. The van der Waals surface area contributed by atoms with Gasteiger partial charge in [0, 0.05) is 23.4 Å². The smallest absolute Gasteiger partial charge is 0.264 e. The van der Waals surface area contributed by atoms with Crippen LogP contribution in [-0.4, -0.2) is 18.2 Å². The molecule has 1 heterocycles. The summed E-state index contributed by atoms with van der Waals surface area (Å²) in [5, 5.41) is 4.07. The fraction of sp³-hybridized carbons (Fsp3) is 0.625. The SMILES string of the molecule is CCCCn1cc(S(=O)(=O)Cl)c(C)n1.